The number of halogens is 1. The molecule has 0 saturated heterocycles. The molecule has 5 aromatic rings. The first-order valence-corrected chi connectivity index (χ1v) is 25.2. The van der Waals surface area contributed by atoms with Gasteiger partial charge in [0.05, 0.1) is 74.3 Å². The molecule has 4 atom stereocenters. The van der Waals surface area contributed by atoms with E-state index in [1.54, 1.807) is 80.6 Å². The van der Waals surface area contributed by atoms with Gasteiger partial charge in [0.15, 0.2) is 5.60 Å². The Labute approximate surface area is 445 Å². The molecule has 8 rings (SSSR count). The summed E-state index contributed by atoms with van der Waals surface area (Å²) in [7, 11) is 0. The number of aromatic nitrogens is 2. The van der Waals surface area contributed by atoms with Gasteiger partial charge in [-0.15, -0.1) is 0 Å². The van der Waals surface area contributed by atoms with E-state index in [4.69, 9.17) is 15.5 Å². The highest BCUT2D eigenvalue weighted by Crippen LogP contribution is 2.46. The Morgan fingerprint density at radius 2 is 1.28 bits per heavy atom. The molecule has 408 valence electrons. The second kappa shape index (κ2) is 24.0. The Hall–Kier alpha value is -8.90. The van der Waals surface area contributed by atoms with Gasteiger partial charge in [-0.1, -0.05) is 67.6 Å². The van der Waals surface area contributed by atoms with Crippen LogP contribution in [0.25, 0.3) is 22.3 Å². The van der Waals surface area contributed by atoms with Crippen LogP contribution in [-0.2, 0) is 85.9 Å². The summed E-state index contributed by atoms with van der Waals surface area (Å²) in [5, 5.41) is 32.1. The molecule has 8 amide bonds. The molecule has 0 bridgehead atoms. The third kappa shape index (κ3) is 12.2. The van der Waals surface area contributed by atoms with E-state index in [1.807, 2.05) is 0 Å². The number of nitrogens with two attached hydrogens (primary N) is 1. The van der Waals surface area contributed by atoms with Crippen LogP contribution in [0.3, 0.4) is 0 Å². The first kappa shape index (κ1) is 55.3. The van der Waals surface area contributed by atoms with Gasteiger partial charge >= 0.3 is 5.97 Å². The molecule has 2 aromatic heterocycles. The Balaban J connectivity index is 0.876. The number of aliphatic hydroxyl groups is 1. The number of hydrogen-bond acceptors (Lipinski definition) is 14. The lowest BCUT2D eigenvalue weighted by molar-refractivity contribution is -0.172. The van der Waals surface area contributed by atoms with Crippen molar-refractivity contribution >= 4 is 64.1 Å². The minimum Gasteiger partial charge on any atom is -0.458 e. The van der Waals surface area contributed by atoms with Gasteiger partial charge in [0, 0.05) is 35.4 Å². The van der Waals surface area contributed by atoms with Crippen LogP contribution in [-0.4, -0.2) is 119 Å². The number of esters is 1. The van der Waals surface area contributed by atoms with Crippen LogP contribution in [0.15, 0.2) is 77.6 Å². The third-order valence-corrected chi connectivity index (χ3v) is 14.0. The van der Waals surface area contributed by atoms with Crippen molar-refractivity contribution in [3.63, 3.8) is 0 Å². The topological polar surface area (TPSA) is 340 Å². The number of rotatable bonds is 21. The molecule has 23 nitrogen and oxygen atoms in total. The van der Waals surface area contributed by atoms with Gasteiger partial charge in [-0.05, 0) is 60.1 Å². The van der Waals surface area contributed by atoms with E-state index in [9.17, 15) is 53.1 Å². The fourth-order valence-corrected chi connectivity index (χ4v) is 9.87. The molecule has 11 N–H and O–H groups in total. The predicted molar refractivity (Wildman–Crippen MR) is 277 cm³/mol. The zero-order valence-corrected chi connectivity index (χ0v) is 42.6. The average Bonchev–Trinajstić information content (AvgIpc) is 4.04. The zero-order chi connectivity index (χ0) is 55.8. The molecule has 78 heavy (non-hydrogen) atoms. The predicted octanol–water partition coefficient (Wildman–Crippen LogP) is -1.37. The SMILES string of the molecule is CC[C@@]1(O)C(=O)OCc2c1cc1n(c2=O)Cc2c-1nc1cc(F)c(C)c3c1c2[C@@H](NC(=O)CNC(=O)C(Cc1ccccc1)NC(=O)CNC(=O)CNC(=O)CNC(=O)[C@H](Cc1ccccc1)NC(=O)CNC(=O)CN)CC3. The number of benzene rings is 3. The summed E-state index contributed by atoms with van der Waals surface area (Å²) >= 11 is 0. The monoisotopic (exact) mass is 1070 g/mol. The van der Waals surface area contributed by atoms with Crippen molar-refractivity contribution in [2.45, 2.75) is 82.8 Å². The minimum absolute atomic E-state index is 0.00769. The summed E-state index contributed by atoms with van der Waals surface area (Å²) in [6.07, 6.45) is 0.658. The second-order valence-corrected chi connectivity index (χ2v) is 19.1. The van der Waals surface area contributed by atoms with Gasteiger partial charge in [0.25, 0.3) is 5.56 Å². The molecular formula is C54H58FN11O12. The molecule has 0 saturated carbocycles. The van der Waals surface area contributed by atoms with E-state index < -0.39 is 121 Å². The van der Waals surface area contributed by atoms with Gasteiger partial charge in [-0.3, -0.25) is 43.2 Å². The summed E-state index contributed by atoms with van der Waals surface area (Å²) in [6.45, 7) is -0.170. The molecule has 24 heteroatoms. The van der Waals surface area contributed by atoms with Crippen LogP contribution in [0.1, 0.15) is 70.3 Å². The van der Waals surface area contributed by atoms with E-state index in [1.165, 1.54) is 10.6 Å². The summed E-state index contributed by atoms with van der Waals surface area (Å²) in [5.41, 5.74) is 7.49. The molecule has 1 aliphatic carbocycles. The normalized spacial score (nSPS) is 16.4. The summed E-state index contributed by atoms with van der Waals surface area (Å²) < 4.78 is 22.2. The van der Waals surface area contributed by atoms with Gasteiger partial charge in [-0.2, -0.15) is 0 Å². The number of fused-ring (bicyclic) bond motifs is 5. The molecule has 0 spiro atoms. The second-order valence-electron chi connectivity index (χ2n) is 19.1. The van der Waals surface area contributed by atoms with Crippen LogP contribution >= 0.6 is 0 Å². The number of carbonyl (C=O) groups is 9. The molecule has 0 fully saturated rings. The Kier molecular flexibility index (Phi) is 17.0. The molecule has 2 aliphatic heterocycles. The number of pyridine rings is 2. The number of ether oxygens (including phenoxy) is 1. The van der Waals surface area contributed by atoms with Crippen LogP contribution in [0.2, 0.25) is 0 Å². The quantitative estimate of drug-likeness (QED) is 0.0372. The van der Waals surface area contributed by atoms with Crippen molar-refractivity contribution < 1.29 is 57.4 Å². The maximum absolute atomic E-state index is 15.5. The van der Waals surface area contributed by atoms with Gasteiger partial charge in [0.1, 0.15) is 24.5 Å². The van der Waals surface area contributed by atoms with Crippen LogP contribution in [0.4, 0.5) is 4.39 Å². The van der Waals surface area contributed by atoms with E-state index in [0.29, 0.717) is 63.0 Å². The smallest absolute Gasteiger partial charge is 0.343 e. The van der Waals surface area contributed by atoms with Crippen molar-refractivity contribution in [2.24, 2.45) is 5.73 Å². The lowest BCUT2D eigenvalue weighted by Gasteiger charge is -2.31. The molecule has 3 aliphatic rings. The average molecular weight is 1070 g/mol. The number of nitrogens with zero attached hydrogens (tertiary/aromatic N) is 2. The van der Waals surface area contributed by atoms with Gasteiger partial charge in [0.2, 0.25) is 47.3 Å². The number of amides is 8. The maximum atomic E-state index is 15.5. The number of nitrogens with one attached hydrogen (secondary N) is 8. The highest BCUT2D eigenvalue weighted by atomic mass is 19.1. The summed E-state index contributed by atoms with van der Waals surface area (Å²) in [6, 6.07) is 17.2. The zero-order valence-electron chi connectivity index (χ0n) is 42.6. The number of aryl methyl sites for hydroxylation is 1. The number of hydrogen-bond donors (Lipinski definition) is 10. The standard InChI is InChI=1S/C54H58FN11O12/c1-3-54(77)34-18-40-49-32(26-66(40)52(75)33(34)27-78-53(54)76)48-36(15-14-31-28(2)35(55)19-37(65-49)47(31)48)62-46(72)25-61-51(74)39(17-30-12-8-5-9-13-30)64-45(71)24-59-42(68)21-58-43(69)22-60-50(73)38(16-29-10-6-4-7-11-29)63-44(70)23-57-41(67)20-56/h4-13,18-19,36,38-39,77H,3,14-17,20-27,56H2,1-2H3,(H,57,67)(H,58,69)(H,59,68)(H,60,73)(H,61,74)(H,62,72)(H,63,70)(H,64,71)/t36-,38-,39?,54-/m0/s1. The van der Waals surface area contributed by atoms with Crippen LogP contribution in [0, 0.1) is 12.7 Å². The lowest BCUT2D eigenvalue weighted by atomic mass is 9.81. The van der Waals surface area contributed by atoms with Crippen molar-refractivity contribution in [3.05, 3.63) is 133 Å². The molecule has 1 unspecified atom stereocenters. The highest BCUT2D eigenvalue weighted by Gasteiger charge is 2.46. The van der Waals surface area contributed by atoms with Crippen LogP contribution in [0.5, 0.6) is 0 Å². The molecule has 3 aromatic carbocycles. The van der Waals surface area contributed by atoms with Crippen LogP contribution < -0.4 is 53.8 Å². The van der Waals surface area contributed by atoms with Crippen molar-refractivity contribution in [3.8, 4) is 11.4 Å². The Bertz CT molecular complexity index is 3300. The van der Waals surface area contributed by atoms with E-state index in [-0.39, 0.29) is 55.6 Å². The van der Waals surface area contributed by atoms with E-state index in [2.05, 4.69) is 42.5 Å². The largest absolute Gasteiger partial charge is 0.458 e. The summed E-state index contributed by atoms with van der Waals surface area (Å²) in [5.74, 6) is -7.02. The first-order chi connectivity index (χ1) is 37.4. The van der Waals surface area contributed by atoms with Crippen molar-refractivity contribution in [2.75, 3.05) is 39.3 Å². The van der Waals surface area contributed by atoms with Gasteiger partial charge in [-0.25, -0.2) is 14.2 Å². The number of carbonyl (C=O) groups excluding carboxylic acids is 9. The first-order valence-electron chi connectivity index (χ1n) is 25.2. The minimum atomic E-state index is -2.08. The highest BCUT2D eigenvalue weighted by molar-refractivity contribution is 5.96. The lowest BCUT2D eigenvalue weighted by Crippen LogP contribution is -2.53. The molecular weight excluding hydrogens is 1010 g/mol. The fraction of sp³-hybridized carbons (Fsp3) is 0.352. The fourth-order valence-electron chi connectivity index (χ4n) is 9.87. The number of cyclic esters (lactones) is 1. The van der Waals surface area contributed by atoms with Crippen molar-refractivity contribution in [1.29, 1.82) is 0 Å². The Morgan fingerprint density at radius 1 is 0.744 bits per heavy atom. The van der Waals surface area contributed by atoms with E-state index >= 15 is 4.39 Å². The van der Waals surface area contributed by atoms with Gasteiger partial charge < -0.3 is 62.7 Å². The molecule has 4 heterocycles. The maximum Gasteiger partial charge on any atom is 0.343 e. The summed E-state index contributed by atoms with van der Waals surface area (Å²) in [4.78, 5) is 135. The third-order valence-electron chi connectivity index (χ3n) is 14.0. The Morgan fingerprint density at radius 3 is 1.85 bits per heavy atom. The van der Waals surface area contributed by atoms with E-state index in [0.717, 1.165) is 0 Å². The molecule has 0 radical (unpaired) electrons. The van der Waals surface area contributed by atoms with Crippen molar-refractivity contribution in [1.82, 2.24) is 52.1 Å².